The predicted molar refractivity (Wildman–Crippen MR) is 115 cm³/mol. The van der Waals surface area contributed by atoms with Crippen molar-refractivity contribution in [3.05, 3.63) is 54.4 Å². The lowest BCUT2D eigenvalue weighted by atomic mass is 10.2. The van der Waals surface area contributed by atoms with Crippen LogP contribution >= 0.6 is 0 Å². The van der Waals surface area contributed by atoms with Crippen LogP contribution < -0.4 is 5.32 Å². The Balaban J connectivity index is 1.35. The van der Waals surface area contributed by atoms with Crippen molar-refractivity contribution in [2.75, 3.05) is 18.4 Å². The molecule has 0 aliphatic carbocycles. The third kappa shape index (κ3) is 4.71. The summed E-state index contributed by atoms with van der Waals surface area (Å²) in [6.45, 7) is 1.13. The van der Waals surface area contributed by atoms with Gasteiger partial charge >= 0.3 is 0 Å². The normalized spacial score (nSPS) is 15.7. The Bertz CT molecular complexity index is 1080. The van der Waals surface area contributed by atoms with Crippen molar-refractivity contribution < 1.29 is 17.6 Å². The van der Waals surface area contributed by atoms with E-state index in [1.54, 1.807) is 28.6 Å². The summed E-state index contributed by atoms with van der Waals surface area (Å²) >= 11 is 0. The zero-order valence-corrected chi connectivity index (χ0v) is 17.5. The maximum atomic E-state index is 12.8. The van der Waals surface area contributed by atoms with Crippen LogP contribution in [-0.2, 0) is 21.2 Å². The molecule has 1 amide bonds. The molecule has 7 nitrogen and oxygen atoms in total. The quantitative estimate of drug-likeness (QED) is 0.643. The number of carbonyl (C=O) groups excluding carboxylic acids is 1. The van der Waals surface area contributed by atoms with Crippen molar-refractivity contribution in [1.29, 1.82) is 0 Å². The van der Waals surface area contributed by atoms with Crippen molar-refractivity contribution in [1.82, 2.24) is 9.29 Å². The number of oxazole rings is 1. The number of rotatable bonds is 6. The van der Waals surface area contributed by atoms with Crippen molar-refractivity contribution >= 4 is 32.7 Å². The molecule has 1 aromatic heterocycles. The number of anilines is 1. The lowest BCUT2D eigenvalue weighted by Gasteiger charge is -2.20. The number of nitrogens with zero attached hydrogens (tertiary/aromatic N) is 2. The van der Waals surface area contributed by atoms with Crippen LogP contribution in [0.4, 0.5) is 5.69 Å². The molecule has 0 saturated carbocycles. The van der Waals surface area contributed by atoms with E-state index in [0.29, 0.717) is 36.7 Å². The smallest absolute Gasteiger partial charge is 0.243 e. The highest BCUT2D eigenvalue weighted by Crippen LogP contribution is 2.22. The molecule has 158 valence electrons. The fourth-order valence-electron chi connectivity index (χ4n) is 3.61. The first kappa shape index (κ1) is 20.6. The molecule has 1 N–H and O–H groups in total. The Kier molecular flexibility index (Phi) is 6.15. The van der Waals surface area contributed by atoms with E-state index in [1.165, 1.54) is 0 Å². The molecule has 1 fully saturated rings. The first-order valence-electron chi connectivity index (χ1n) is 10.3. The largest absolute Gasteiger partial charge is 0.441 e. The molecule has 2 heterocycles. The standard InChI is InChI=1S/C22H25N3O4S/c26-21(13-14-22-24-19-7-3-4-8-20(19)29-22)23-17-9-11-18(12-10-17)30(27,28)25-15-5-1-2-6-16-25/h3-4,7-12H,1-2,5-6,13-16H2,(H,23,26). The summed E-state index contributed by atoms with van der Waals surface area (Å²) in [6.07, 6.45) is 4.55. The average molecular weight is 428 g/mol. The minimum atomic E-state index is -3.49. The van der Waals surface area contributed by atoms with Crippen LogP contribution in [0.2, 0.25) is 0 Å². The number of aromatic nitrogens is 1. The van der Waals surface area contributed by atoms with E-state index < -0.39 is 10.0 Å². The number of hydrogen-bond donors (Lipinski definition) is 1. The Morgan fingerprint density at radius 2 is 1.70 bits per heavy atom. The molecule has 8 heteroatoms. The van der Waals surface area contributed by atoms with E-state index in [-0.39, 0.29) is 17.2 Å². The summed E-state index contributed by atoms with van der Waals surface area (Å²) in [5.41, 5.74) is 2.04. The van der Waals surface area contributed by atoms with Gasteiger partial charge in [0.1, 0.15) is 5.52 Å². The second kappa shape index (κ2) is 8.97. The number of sulfonamides is 1. The number of nitrogens with one attached hydrogen (secondary N) is 1. The molecule has 3 aromatic rings. The molecule has 4 rings (SSSR count). The highest BCUT2D eigenvalue weighted by atomic mass is 32.2. The first-order valence-corrected chi connectivity index (χ1v) is 11.7. The summed E-state index contributed by atoms with van der Waals surface area (Å²) in [5.74, 6) is 0.339. The van der Waals surface area contributed by atoms with E-state index in [0.717, 1.165) is 31.2 Å². The Morgan fingerprint density at radius 1 is 1.00 bits per heavy atom. The molecule has 0 atom stereocenters. The Labute approximate surface area is 176 Å². The van der Waals surface area contributed by atoms with Gasteiger partial charge in [-0.05, 0) is 49.2 Å². The average Bonchev–Trinajstić information content (AvgIpc) is 2.95. The van der Waals surface area contributed by atoms with Gasteiger partial charge in [0.15, 0.2) is 11.5 Å². The van der Waals surface area contributed by atoms with E-state index in [4.69, 9.17) is 4.42 Å². The summed E-state index contributed by atoms with van der Waals surface area (Å²) in [5, 5.41) is 2.80. The van der Waals surface area contributed by atoms with Gasteiger partial charge in [0.05, 0.1) is 4.90 Å². The lowest BCUT2D eigenvalue weighted by molar-refractivity contribution is -0.116. The minimum Gasteiger partial charge on any atom is -0.441 e. The van der Waals surface area contributed by atoms with Gasteiger partial charge in [-0.3, -0.25) is 4.79 Å². The molecule has 0 spiro atoms. The van der Waals surface area contributed by atoms with Crippen molar-refractivity contribution in [2.24, 2.45) is 0 Å². The fourth-order valence-corrected chi connectivity index (χ4v) is 5.13. The summed E-state index contributed by atoms with van der Waals surface area (Å²) in [4.78, 5) is 16.9. The van der Waals surface area contributed by atoms with Crippen LogP contribution in [0.15, 0.2) is 57.8 Å². The van der Waals surface area contributed by atoms with Gasteiger partial charge in [-0.15, -0.1) is 0 Å². The maximum Gasteiger partial charge on any atom is 0.243 e. The van der Waals surface area contributed by atoms with Crippen molar-refractivity contribution in [2.45, 2.75) is 43.4 Å². The van der Waals surface area contributed by atoms with Gasteiger partial charge in [0, 0.05) is 31.6 Å². The van der Waals surface area contributed by atoms with Gasteiger partial charge in [0.2, 0.25) is 15.9 Å². The summed E-state index contributed by atoms with van der Waals surface area (Å²) < 4.78 is 32.8. The molecule has 0 radical (unpaired) electrons. The lowest BCUT2D eigenvalue weighted by Crippen LogP contribution is -2.31. The van der Waals surface area contributed by atoms with Crippen LogP contribution in [0.1, 0.15) is 38.0 Å². The van der Waals surface area contributed by atoms with E-state index in [2.05, 4.69) is 10.3 Å². The number of aryl methyl sites for hydroxylation is 1. The summed E-state index contributed by atoms with van der Waals surface area (Å²) in [7, 11) is -3.49. The zero-order valence-electron chi connectivity index (χ0n) is 16.7. The van der Waals surface area contributed by atoms with Crippen LogP contribution in [0, 0.1) is 0 Å². The predicted octanol–water partition coefficient (Wildman–Crippen LogP) is 3.96. The van der Waals surface area contributed by atoms with Crippen LogP contribution in [-0.4, -0.2) is 36.7 Å². The van der Waals surface area contributed by atoms with Gasteiger partial charge in [0.25, 0.3) is 0 Å². The molecule has 30 heavy (non-hydrogen) atoms. The van der Waals surface area contributed by atoms with Crippen LogP contribution in [0.5, 0.6) is 0 Å². The van der Waals surface area contributed by atoms with Crippen LogP contribution in [0.3, 0.4) is 0 Å². The van der Waals surface area contributed by atoms with Gasteiger partial charge in [-0.2, -0.15) is 4.31 Å². The summed E-state index contributed by atoms with van der Waals surface area (Å²) in [6, 6.07) is 13.8. The molecule has 0 unspecified atom stereocenters. The Hall–Kier alpha value is -2.71. The number of carbonyl (C=O) groups is 1. The highest BCUT2D eigenvalue weighted by Gasteiger charge is 2.25. The number of amides is 1. The van der Waals surface area contributed by atoms with Gasteiger partial charge in [-0.25, -0.2) is 13.4 Å². The SMILES string of the molecule is O=C(CCc1nc2ccccc2o1)Nc1ccc(S(=O)(=O)N2CCCCCC2)cc1. The molecule has 0 bridgehead atoms. The van der Waals surface area contributed by atoms with Crippen molar-refractivity contribution in [3.63, 3.8) is 0 Å². The molecular weight excluding hydrogens is 402 g/mol. The van der Waals surface area contributed by atoms with Gasteiger partial charge in [-0.1, -0.05) is 25.0 Å². The Morgan fingerprint density at radius 3 is 2.40 bits per heavy atom. The van der Waals surface area contributed by atoms with E-state index in [9.17, 15) is 13.2 Å². The second-order valence-electron chi connectivity index (χ2n) is 7.47. The van der Waals surface area contributed by atoms with E-state index >= 15 is 0 Å². The molecule has 1 saturated heterocycles. The number of fused-ring (bicyclic) bond motifs is 1. The minimum absolute atomic E-state index is 0.180. The van der Waals surface area contributed by atoms with Crippen LogP contribution in [0.25, 0.3) is 11.1 Å². The van der Waals surface area contributed by atoms with Gasteiger partial charge < -0.3 is 9.73 Å². The topological polar surface area (TPSA) is 92.5 Å². The number of benzene rings is 2. The highest BCUT2D eigenvalue weighted by molar-refractivity contribution is 7.89. The van der Waals surface area contributed by atoms with E-state index in [1.807, 2.05) is 24.3 Å². The third-order valence-corrected chi connectivity index (χ3v) is 7.16. The maximum absolute atomic E-state index is 12.8. The first-order chi connectivity index (χ1) is 14.5. The molecule has 1 aliphatic heterocycles. The third-order valence-electron chi connectivity index (χ3n) is 5.24. The zero-order chi connectivity index (χ0) is 21.0. The number of para-hydroxylation sites is 2. The van der Waals surface area contributed by atoms with Crippen molar-refractivity contribution in [3.8, 4) is 0 Å². The monoisotopic (exact) mass is 427 g/mol. The second-order valence-corrected chi connectivity index (χ2v) is 9.40. The molecule has 2 aromatic carbocycles. The molecular formula is C22H25N3O4S. The fraction of sp³-hybridized carbons (Fsp3) is 0.364. The molecule has 1 aliphatic rings. The number of hydrogen-bond acceptors (Lipinski definition) is 5.